The van der Waals surface area contributed by atoms with Gasteiger partial charge in [0, 0.05) is 92.0 Å². The molecule has 0 saturated carbocycles. The van der Waals surface area contributed by atoms with Crippen molar-refractivity contribution in [3.05, 3.63) is 114 Å². The van der Waals surface area contributed by atoms with Crippen molar-refractivity contribution in [2.75, 3.05) is 68.7 Å². The van der Waals surface area contributed by atoms with Crippen molar-refractivity contribution < 1.29 is 46.2 Å². The standard InChI is InChI=1S/C24H28N4O3.C10H12O3.2C2H6O.C2H6/c1-30-23-10-6-5-9-21(23)18-31-24(29)27-13-11-26(12-14-27)17-22-15-25-19-28(22)16-20-7-3-2-4-8-20;1-8(11)13-7-9-5-3-4-6-10(9)12-2;2*1-3-2;1-2/h2-10,15,19H,11-14,16-18H2,1H3;3-6H,7H2,1-2H3;2*1-2H3;1-2H3/i1T3;2T3;;;. The molecule has 5 rings (SSSR count). The van der Waals surface area contributed by atoms with Crippen molar-refractivity contribution in [1.29, 1.82) is 0 Å². The van der Waals surface area contributed by atoms with Crippen LogP contribution in [0.2, 0.25) is 0 Å². The summed E-state index contributed by atoms with van der Waals surface area (Å²) in [5.41, 5.74) is 3.39. The SMILES string of the molecule is CC.COC.COC.[3H]C([3H])([3H])Oc1ccccc1COC(=O)N1CCN(Cc2cncn2Cc2ccccc2)CC1.[3H]C([3H])([3H])Oc1ccccc1COC(C)=O. The van der Waals surface area contributed by atoms with Crippen LogP contribution in [-0.4, -0.2) is 100 Å². The number of aromatic nitrogens is 2. The maximum atomic E-state index is 12.6. The lowest BCUT2D eigenvalue weighted by molar-refractivity contribution is -0.142. The summed E-state index contributed by atoms with van der Waals surface area (Å²) in [5, 5.41) is 0. The first-order valence-corrected chi connectivity index (χ1v) is 16.7. The Bertz CT molecular complexity index is 1720. The van der Waals surface area contributed by atoms with E-state index in [1.165, 1.54) is 18.6 Å². The number of carbonyl (C=O) groups is 2. The summed E-state index contributed by atoms with van der Waals surface area (Å²) in [6.07, 6.45) is 3.32. The molecule has 0 N–H and O–H groups in total. The molecule has 1 aliphatic rings. The van der Waals surface area contributed by atoms with E-state index in [9.17, 15) is 9.59 Å². The summed E-state index contributed by atoms with van der Waals surface area (Å²) >= 11 is 0. The first kappa shape index (κ1) is 35.5. The molecule has 4 aromatic rings. The maximum absolute atomic E-state index is 12.6. The lowest BCUT2D eigenvalue weighted by Crippen LogP contribution is -2.48. The number of benzene rings is 3. The Hall–Kier alpha value is -4.91. The summed E-state index contributed by atoms with van der Waals surface area (Å²) < 4.78 is 73.5. The van der Waals surface area contributed by atoms with Crippen LogP contribution < -0.4 is 9.47 Å². The third-order valence-corrected chi connectivity index (χ3v) is 6.96. The highest BCUT2D eigenvalue weighted by molar-refractivity contribution is 5.68. The summed E-state index contributed by atoms with van der Waals surface area (Å²) in [6, 6.07) is 23.5. The van der Waals surface area contributed by atoms with Gasteiger partial charge in [-0.1, -0.05) is 80.6 Å². The Balaban J connectivity index is 0.000000584. The van der Waals surface area contributed by atoms with E-state index in [0.29, 0.717) is 24.2 Å². The smallest absolute Gasteiger partial charge is 0.410 e. The van der Waals surface area contributed by atoms with Crippen molar-refractivity contribution in [2.45, 2.75) is 47.1 Å². The fourth-order valence-electron chi connectivity index (χ4n) is 4.58. The Kier molecular flexibility index (Phi) is 19.0. The minimum atomic E-state index is -2.56. The number of amides is 1. The van der Waals surface area contributed by atoms with Gasteiger partial charge >= 0.3 is 12.1 Å². The maximum Gasteiger partial charge on any atom is 0.410 e. The highest BCUT2D eigenvalue weighted by atomic mass is 16.6. The molecule has 286 valence electrons. The molecule has 12 nitrogen and oxygen atoms in total. The monoisotopic (exact) mass is 734 g/mol. The molecule has 3 aromatic carbocycles. The van der Waals surface area contributed by atoms with E-state index in [1.807, 2.05) is 44.6 Å². The number of hydrogen-bond acceptors (Lipinski definition) is 10. The van der Waals surface area contributed by atoms with Crippen LogP contribution in [-0.2, 0) is 50.0 Å². The van der Waals surface area contributed by atoms with Gasteiger partial charge in [-0.2, -0.15) is 0 Å². The van der Waals surface area contributed by atoms with Crippen LogP contribution in [0.4, 0.5) is 4.79 Å². The van der Waals surface area contributed by atoms with Crippen LogP contribution >= 0.6 is 0 Å². The minimum absolute atomic E-state index is 0.00157. The second-order valence-electron chi connectivity index (χ2n) is 10.8. The summed E-state index contributed by atoms with van der Waals surface area (Å²) in [4.78, 5) is 31.5. The fourth-order valence-corrected chi connectivity index (χ4v) is 4.58. The molecule has 0 bridgehead atoms. The van der Waals surface area contributed by atoms with Crippen LogP contribution in [0.3, 0.4) is 0 Å². The van der Waals surface area contributed by atoms with Crippen LogP contribution in [0.5, 0.6) is 11.5 Å². The number of ether oxygens (including phenoxy) is 6. The fraction of sp³-hybridized carbons (Fsp3) is 0.425. The highest BCUT2D eigenvalue weighted by Crippen LogP contribution is 2.19. The van der Waals surface area contributed by atoms with Gasteiger partial charge in [0.1, 0.15) is 24.7 Å². The zero-order valence-electron chi connectivity index (χ0n) is 37.4. The highest BCUT2D eigenvalue weighted by Gasteiger charge is 2.23. The average molecular weight is 735 g/mol. The molecule has 1 amide bonds. The number of rotatable bonds is 10. The molecule has 12 heteroatoms. The van der Waals surface area contributed by atoms with Crippen molar-refractivity contribution >= 4 is 12.1 Å². The molecular formula is C40H58N4O8. The summed E-state index contributed by atoms with van der Waals surface area (Å²) in [7, 11) is 1.43. The van der Waals surface area contributed by atoms with E-state index >= 15 is 0 Å². The molecule has 1 aliphatic heterocycles. The van der Waals surface area contributed by atoms with Crippen LogP contribution in [0.15, 0.2) is 91.4 Å². The molecular weight excluding hydrogens is 664 g/mol. The van der Waals surface area contributed by atoms with E-state index in [-0.39, 0.29) is 24.7 Å². The van der Waals surface area contributed by atoms with Crippen molar-refractivity contribution in [3.63, 3.8) is 0 Å². The third-order valence-electron chi connectivity index (χ3n) is 6.96. The zero-order chi connectivity index (χ0) is 43.6. The largest absolute Gasteiger partial charge is 0.496 e. The number of piperazine rings is 1. The van der Waals surface area contributed by atoms with E-state index < -0.39 is 26.1 Å². The first-order valence-electron chi connectivity index (χ1n) is 19.7. The first-order chi connectivity index (χ1) is 27.6. The lowest BCUT2D eigenvalue weighted by Gasteiger charge is -2.34. The lowest BCUT2D eigenvalue weighted by atomic mass is 10.2. The molecule has 1 saturated heterocycles. The molecule has 0 spiro atoms. The van der Waals surface area contributed by atoms with E-state index in [4.69, 9.17) is 27.2 Å². The molecule has 0 aliphatic carbocycles. The number of methoxy groups -OCH3 is 4. The molecule has 0 radical (unpaired) electrons. The van der Waals surface area contributed by atoms with Crippen molar-refractivity contribution in [1.82, 2.24) is 19.4 Å². The number of nitrogens with zero attached hydrogens (tertiary/aromatic N) is 4. The Morgan fingerprint density at radius 1 is 0.712 bits per heavy atom. The second-order valence-corrected chi connectivity index (χ2v) is 10.8. The molecule has 1 aromatic heterocycles. The van der Waals surface area contributed by atoms with Crippen LogP contribution in [0, 0.1) is 0 Å². The average Bonchev–Trinajstić information content (AvgIpc) is 3.61. The Labute approximate surface area is 318 Å². The van der Waals surface area contributed by atoms with Gasteiger partial charge in [-0.15, -0.1) is 0 Å². The van der Waals surface area contributed by atoms with E-state index in [1.54, 1.807) is 75.8 Å². The van der Waals surface area contributed by atoms with E-state index in [2.05, 4.69) is 36.1 Å². The van der Waals surface area contributed by atoms with Gasteiger partial charge in [-0.3, -0.25) is 9.69 Å². The summed E-state index contributed by atoms with van der Waals surface area (Å²) in [5.74, 6) is -0.0420. The van der Waals surface area contributed by atoms with Gasteiger partial charge in [-0.25, -0.2) is 9.78 Å². The van der Waals surface area contributed by atoms with Gasteiger partial charge in [0.2, 0.25) is 0 Å². The van der Waals surface area contributed by atoms with Gasteiger partial charge in [-0.05, 0) is 17.7 Å². The number of esters is 1. The molecule has 0 unspecified atom stereocenters. The molecule has 0 atom stereocenters. The molecule has 2 heterocycles. The van der Waals surface area contributed by atoms with Gasteiger partial charge in [0.05, 0.1) is 34.3 Å². The van der Waals surface area contributed by atoms with Gasteiger partial charge < -0.3 is 37.9 Å². The normalized spacial score (nSPS) is 13.9. The predicted molar refractivity (Wildman–Crippen MR) is 203 cm³/mol. The number of imidazole rings is 1. The summed E-state index contributed by atoms with van der Waals surface area (Å²) in [6.45, 7) is 9.33. The van der Waals surface area contributed by atoms with E-state index in [0.717, 1.165) is 31.9 Å². The number of carbonyl (C=O) groups excluding carboxylic acids is 2. The quantitative estimate of drug-likeness (QED) is 0.163. The number of para-hydroxylation sites is 2. The van der Waals surface area contributed by atoms with Crippen molar-refractivity contribution in [2.24, 2.45) is 0 Å². The second kappa shape index (κ2) is 27.8. The van der Waals surface area contributed by atoms with Crippen LogP contribution in [0.1, 0.15) is 51.4 Å². The Morgan fingerprint density at radius 3 is 1.73 bits per heavy atom. The topological polar surface area (TPSA) is 114 Å². The minimum Gasteiger partial charge on any atom is -0.496 e. The third kappa shape index (κ3) is 17.3. The van der Waals surface area contributed by atoms with Crippen LogP contribution in [0.25, 0.3) is 0 Å². The van der Waals surface area contributed by atoms with Gasteiger partial charge in [0.25, 0.3) is 0 Å². The molecule has 1 fully saturated rings. The molecule has 52 heavy (non-hydrogen) atoms. The van der Waals surface area contributed by atoms with Gasteiger partial charge in [0.15, 0.2) is 0 Å². The predicted octanol–water partition coefficient (Wildman–Crippen LogP) is 6.70. The number of hydrogen-bond donors (Lipinski definition) is 0. The Morgan fingerprint density at radius 2 is 1.21 bits per heavy atom. The van der Waals surface area contributed by atoms with Crippen molar-refractivity contribution in [3.8, 4) is 11.5 Å². The zero-order valence-corrected chi connectivity index (χ0v) is 31.4.